The molecule has 0 amide bonds. The van der Waals surface area contributed by atoms with Gasteiger partial charge in [-0.05, 0) is 37.1 Å². The fourth-order valence-corrected chi connectivity index (χ4v) is 1.98. The summed E-state index contributed by atoms with van der Waals surface area (Å²) in [6.07, 6.45) is 0.765. The predicted molar refractivity (Wildman–Crippen MR) is 86.8 cm³/mol. The summed E-state index contributed by atoms with van der Waals surface area (Å²) in [7, 11) is 0. The van der Waals surface area contributed by atoms with Crippen LogP contribution < -0.4 is 20.9 Å². The van der Waals surface area contributed by atoms with Crippen LogP contribution in [-0.2, 0) is 0 Å². The highest BCUT2D eigenvalue weighted by Crippen LogP contribution is 2.25. The summed E-state index contributed by atoms with van der Waals surface area (Å²) in [5.74, 6) is 1.45. The SMILES string of the molecule is Cc1cccc(OCCCOc2cccc(C)c2N)c1N. The third-order valence-electron chi connectivity index (χ3n) is 3.37. The monoisotopic (exact) mass is 286 g/mol. The minimum Gasteiger partial charge on any atom is -0.491 e. The van der Waals surface area contributed by atoms with Gasteiger partial charge in [0.25, 0.3) is 0 Å². The summed E-state index contributed by atoms with van der Waals surface area (Å²) in [5.41, 5.74) is 15.3. The van der Waals surface area contributed by atoms with E-state index < -0.39 is 0 Å². The first-order valence-corrected chi connectivity index (χ1v) is 7.05. The third-order valence-corrected chi connectivity index (χ3v) is 3.37. The van der Waals surface area contributed by atoms with Crippen LogP contribution in [0.2, 0.25) is 0 Å². The van der Waals surface area contributed by atoms with Gasteiger partial charge < -0.3 is 20.9 Å². The number of anilines is 2. The molecule has 0 heterocycles. The first-order chi connectivity index (χ1) is 10.1. The van der Waals surface area contributed by atoms with Gasteiger partial charge in [-0.3, -0.25) is 0 Å². The highest BCUT2D eigenvalue weighted by atomic mass is 16.5. The van der Waals surface area contributed by atoms with Crippen molar-refractivity contribution < 1.29 is 9.47 Å². The van der Waals surface area contributed by atoms with E-state index in [4.69, 9.17) is 20.9 Å². The lowest BCUT2D eigenvalue weighted by Crippen LogP contribution is -2.07. The highest BCUT2D eigenvalue weighted by molar-refractivity contribution is 5.58. The second-order valence-corrected chi connectivity index (χ2v) is 5.02. The molecule has 4 nitrogen and oxygen atoms in total. The number of hydrogen-bond donors (Lipinski definition) is 2. The fourth-order valence-electron chi connectivity index (χ4n) is 1.98. The van der Waals surface area contributed by atoms with Crippen molar-refractivity contribution >= 4 is 11.4 Å². The Balaban J connectivity index is 1.78. The molecule has 21 heavy (non-hydrogen) atoms. The zero-order valence-corrected chi connectivity index (χ0v) is 12.6. The van der Waals surface area contributed by atoms with Crippen molar-refractivity contribution in [2.24, 2.45) is 0 Å². The molecule has 4 N–H and O–H groups in total. The Bertz CT molecular complexity index is 558. The zero-order valence-electron chi connectivity index (χ0n) is 12.6. The van der Waals surface area contributed by atoms with Crippen molar-refractivity contribution in [3.05, 3.63) is 47.5 Å². The van der Waals surface area contributed by atoms with E-state index in [1.807, 2.05) is 50.2 Å². The van der Waals surface area contributed by atoms with Crippen LogP contribution in [0.4, 0.5) is 11.4 Å². The minimum absolute atomic E-state index is 0.555. The standard InChI is InChI=1S/C17H22N2O2/c1-12-6-3-8-14(16(12)18)20-10-5-11-21-15-9-4-7-13(2)17(15)19/h3-4,6-9H,5,10-11,18-19H2,1-2H3. The van der Waals surface area contributed by atoms with Gasteiger partial charge in [-0.15, -0.1) is 0 Å². The molecule has 2 aromatic carbocycles. The molecule has 0 radical (unpaired) electrons. The topological polar surface area (TPSA) is 70.5 Å². The Hall–Kier alpha value is -2.36. The first kappa shape index (κ1) is 15.0. The molecule has 0 atom stereocenters. The maximum atomic E-state index is 5.95. The molecule has 0 aliphatic rings. The van der Waals surface area contributed by atoms with Crippen LogP contribution in [0, 0.1) is 13.8 Å². The number of nitrogen functional groups attached to an aromatic ring is 2. The van der Waals surface area contributed by atoms with Gasteiger partial charge in [0, 0.05) is 6.42 Å². The Morgan fingerprint density at radius 1 is 0.762 bits per heavy atom. The summed E-state index contributed by atoms with van der Waals surface area (Å²) in [4.78, 5) is 0. The smallest absolute Gasteiger partial charge is 0.142 e. The highest BCUT2D eigenvalue weighted by Gasteiger charge is 2.04. The van der Waals surface area contributed by atoms with E-state index in [0.29, 0.717) is 24.6 Å². The maximum absolute atomic E-state index is 5.95. The number of para-hydroxylation sites is 2. The summed E-state index contributed by atoms with van der Waals surface area (Å²) < 4.78 is 11.3. The largest absolute Gasteiger partial charge is 0.491 e. The molecule has 4 heteroatoms. The Kier molecular flexibility index (Phi) is 4.93. The maximum Gasteiger partial charge on any atom is 0.142 e. The van der Waals surface area contributed by atoms with Crippen LogP contribution in [0.1, 0.15) is 17.5 Å². The van der Waals surface area contributed by atoms with E-state index >= 15 is 0 Å². The number of ether oxygens (including phenoxy) is 2. The van der Waals surface area contributed by atoms with Gasteiger partial charge in [-0.1, -0.05) is 24.3 Å². The van der Waals surface area contributed by atoms with Crippen molar-refractivity contribution in [1.29, 1.82) is 0 Å². The van der Waals surface area contributed by atoms with E-state index in [1.54, 1.807) is 0 Å². The lowest BCUT2D eigenvalue weighted by molar-refractivity contribution is 0.249. The van der Waals surface area contributed by atoms with E-state index in [1.165, 1.54) is 0 Å². The lowest BCUT2D eigenvalue weighted by atomic mass is 10.2. The van der Waals surface area contributed by atoms with Gasteiger partial charge in [0.1, 0.15) is 11.5 Å². The van der Waals surface area contributed by atoms with Crippen molar-refractivity contribution in [1.82, 2.24) is 0 Å². The summed E-state index contributed by atoms with van der Waals surface area (Å²) >= 11 is 0. The van der Waals surface area contributed by atoms with Gasteiger partial charge in [-0.25, -0.2) is 0 Å². The molecule has 0 unspecified atom stereocenters. The fraction of sp³-hybridized carbons (Fsp3) is 0.294. The predicted octanol–water partition coefficient (Wildman–Crippen LogP) is 3.32. The Labute approximate surface area is 125 Å². The molecular formula is C17H22N2O2. The van der Waals surface area contributed by atoms with Gasteiger partial charge >= 0.3 is 0 Å². The zero-order chi connectivity index (χ0) is 15.2. The first-order valence-electron chi connectivity index (χ1n) is 7.05. The molecule has 0 saturated carbocycles. The van der Waals surface area contributed by atoms with Crippen LogP contribution in [-0.4, -0.2) is 13.2 Å². The Morgan fingerprint density at radius 3 is 1.62 bits per heavy atom. The average molecular weight is 286 g/mol. The lowest BCUT2D eigenvalue weighted by Gasteiger charge is -2.12. The molecule has 2 aromatic rings. The van der Waals surface area contributed by atoms with Crippen molar-refractivity contribution in [3.8, 4) is 11.5 Å². The molecule has 0 saturated heterocycles. The molecule has 0 aromatic heterocycles. The summed E-state index contributed by atoms with van der Waals surface area (Å²) in [6.45, 7) is 5.04. The molecule has 0 spiro atoms. The molecule has 0 bridgehead atoms. The van der Waals surface area contributed by atoms with Gasteiger partial charge in [-0.2, -0.15) is 0 Å². The van der Waals surface area contributed by atoms with Crippen LogP contribution >= 0.6 is 0 Å². The second kappa shape index (κ2) is 6.88. The van der Waals surface area contributed by atoms with Crippen molar-refractivity contribution in [2.45, 2.75) is 20.3 Å². The number of hydrogen-bond acceptors (Lipinski definition) is 4. The third kappa shape index (κ3) is 3.81. The average Bonchev–Trinajstić information content (AvgIpc) is 2.47. The number of aryl methyl sites for hydroxylation is 2. The Morgan fingerprint density at radius 2 is 1.19 bits per heavy atom. The molecule has 0 aliphatic carbocycles. The number of nitrogens with two attached hydrogens (primary N) is 2. The van der Waals surface area contributed by atoms with Crippen LogP contribution in [0.25, 0.3) is 0 Å². The van der Waals surface area contributed by atoms with Crippen LogP contribution in [0.5, 0.6) is 11.5 Å². The second-order valence-electron chi connectivity index (χ2n) is 5.02. The molecule has 2 rings (SSSR count). The van der Waals surface area contributed by atoms with Crippen molar-refractivity contribution in [2.75, 3.05) is 24.7 Å². The molecular weight excluding hydrogens is 264 g/mol. The van der Waals surface area contributed by atoms with Gasteiger partial charge in [0.2, 0.25) is 0 Å². The van der Waals surface area contributed by atoms with Gasteiger partial charge in [0.05, 0.1) is 24.6 Å². The number of rotatable bonds is 6. The quantitative estimate of drug-likeness (QED) is 0.631. The minimum atomic E-state index is 0.555. The van der Waals surface area contributed by atoms with Crippen LogP contribution in [0.3, 0.4) is 0 Å². The normalized spacial score (nSPS) is 10.4. The van der Waals surface area contributed by atoms with Crippen molar-refractivity contribution in [3.63, 3.8) is 0 Å². The summed E-state index contributed by atoms with van der Waals surface area (Å²) in [5, 5.41) is 0. The molecule has 0 fully saturated rings. The van der Waals surface area contributed by atoms with E-state index in [9.17, 15) is 0 Å². The van der Waals surface area contributed by atoms with E-state index in [0.717, 1.165) is 29.0 Å². The number of benzene rings is 2. The molecule has 0 aliphatic heterocycles. The summed E-state index contributed by atoms with van der Waals surface area (Å²) in [6, 6.07) is 11.6. The molecule has 112 valence electrons. The van der Waals surface area contributed by atoms with E-state index in [2.05, 4.69) is 0 Å². The van der Waals surface area contributed by atoms with Crippen LogP contribution in [0.15, 0.2) is 36.4 Å². The van der Waals surface area contributed by atoms with Gasteiger partial charge in [0.15, 0.2) is 0 Å². The van der Waals surface area contributed by atoms with E-state index in [-0.39, 0.29) is 0 Å².